The van der Waals surface area contributed by atoms with Crippen molar-refractivity contribution in [2.75, 3.05) is 52.5 Å². The van der Waals surface area contributed by atoms with Gasteiger partial charge in [0.05, 0.1) is 19.8 Å². The number of rotatable bonds is 5. The molecule has 2 fully saturated rings. The standard InChI is InChI=1S/C20H30N2O4/c1-16-5-6-18(11-17(16)2)26-12-19(23)22-9-10-25-15-20(24,14-22)13-21-7-3-4-8-21/h5-6,11,24H,3-4,7-10,12-15H2,1-2H3/t20-/m0/s1. The Morgan fingerprint density at radius 2 is 2.00 bits per heavy atom. The van der Waals surface area contributed by atoms with Crippen molar-refractivity contribution in [3.63, 3.8) is 0 Å². The van der Waals surface area contributed by atoms with Gasteiger partial charge in [0.15, 0.2) is 6.61 Å². The highest BCUT2D eigenvalue weighted by molar-refractivity contribution is 5.78. The summed E-state index contributed by atoms with van der Waals surface area (Å²) in [5.41, 5.74) is 1.31. The van der Waals surface area contributed by atoms with E-state index in [9.17, 15) is 9.90 Å². The average molecular weight is 362 g/mol. The Morgan fingerprint density at radius 1 is 1.23 bits per heavy atom. The number of aryl methyl sites for hydroxylation is 2. The highest BCUT2D eigenvalue weighted by atomic mass is 16.5. The summed E-state index contributed by atoms with van der Waals surface area (Å²) in [5.74, 6) is 0.577. The van der Waals surface area contributed by atoms with Gasteiger partial charge in [-0.25, -0.2) is 0 Å². The van der Waals surface area contributed by atoms with Gasteiger partial charge < -0.3 is 24.4 Å². The topological polar surface area (TPSA) is 62.2 Å². The van der Waals surface area contributed by atoms with Gasteiger partial charge in [0.1, 0.15) is 11.4 Å². The molecule has 1 N–H and O–H groups in total. The molecule has 6 nitrogen and oxygen atoms in total. The van der Waals surface area contributed by atoms with Crippen molar-refractivity contribution in [3.8, 4) is 5.75 Å². The highest BCUT2D eigenvalue weighted by Gasteiger charge is 2.36. The lowest BCUT2D eigenvalue weighted by atomic mass is 10.0. The number of likely N-dealkylation sites (tertiary alicyclic amines) is 1. The van der Waals surface area contributed by atoms with E-state index in [-0.39, 0.29) is 19.1 Å². The quantitative estimate of drug-likeness (QED) is 0.857. The summed E-state index contributed by atoms with van der Waals surface area (Å²) in [5, 5.41) is 11.0. The van der Waals surface area contributed by atoms with Crippen LogP contribution in [0.5, 0.6) is 5.75 Å². The van der Waals surface area contributed by atoms with E-state index in [2.05, 4.69) is 4.90 Å². The lowest BCUT2D eigenvalue weighted by Crippen LogP contribution is -2.53. The third-order valence-corrected chi connectivity index (χ3v) is 5.27. The molecule has 2 heterocycles. The van der Waals surface area contributed by atoms with Crippen LogP contribution in [0.4, 0.5) is 0 Å². The minimum atomic E-state index is -1.02. The number of β-amino-alcohol motifs (C(OH)–C–C–N with tert-alkyl or cyclic N) is 1. The summed E-state index contributed by atoms with van der Waals surface area (Å²) in [6, 6.07) is 5.81. The molecule has 0 aromatic heterocycles. The monoisotopic (exact) mass is 362 g/mol. The minimum absolute atomic E-state index is 0.0255. The Morgan fingerprint density at radius 3 is 2.73 bits per heavy atom. The molecule has 0 spiro atoms. The molecule has 1 aromatic carbocycles. The summed E-state index contributed by atoms with van der Waals surface area (Å²) in [4.78, 5) is 16.5. The maximum atomic E-state index is 12.6. The van der Waals surface area contributed by atoms with Crippen LogP contribution in [-0.2, 0) is 9.53 Å². The van der Waals surface area contributed by atoms with Crippen molar-refractivity contribution in [2.45, 2.75) is 32.3 Å². The van der Waals surface area contributed by atoms with Gasteiger partial charge in [-0.3, -0.25) is 4.79 Å². The first-order chi connectivity index (χ1) is 12.5. The number of carbonyl (C=O) groups is 1. The van der Waals surface area contributed by atoms with Gasteiger partial charge in [0.25, 0.3) is 5.91 Å². The summed E-state index contributed by atoms with van der Waals surface area (Å²) in [6.45, 7) is 8.09. The SMILES string of the molecule is Cc1ccc(OCC(=O)N2CCOC[C@](O)(CN3CCCC3)C2)cc1C. The van der Waals surface area contributed by atoms with Crippen molar-refractivity contribution in [3.05, 3.63) is 29.3 Å². The molecule has 1 amide bonds. The van der Waals surface area contributed by atoms with Gasteiger partial charge in [0, 0.05) is 13.1 Å². The Hall–Kier alpha value is -1.63. The number of benzene rings is 1. The van der Waals surface area contributed by atoms with Crippen LogP contribution in [-0.4, -0.2) is 79.0 Å². The summed E-state index contributed by atoms with van der Waals surface area (Å²) in [6.07, 6.45) is 2.34. The van der Waals surface area contributed by atoms with Crippen LogP contribution in [0.2, 0.25) is 0 Å². The molecule has 2 aliphatic heterocycles. The van der Waals surface area contributed by atoms with E-state index in [0.29, 0.717) is 32.0 Å². The molecule has 0 saturated carbocycles. The molecule has 2 aliphatic rings. The Labute approximate surface area is 155 Å². The second-order valence-corrected chi connectivity index (χ2v) is 7.61. The van der Waals surface area contributed by atoms with Crippen LogP contribution >= 0.6 is 0 Å². The third-order valence-electron chi connectivity index (χ3n) is 5.27. The molecule has 26 heavy (non-hydrogen) atoms. The molecule has 1 aromatic rings. The molecule has 1 atom stereocenters. The van der Waals surface area contributed by atoms with Crippen LogP contribution in [0.3, 0.4) is 0 Å². The predicted octanol–water partition coefficient (Wildman–Crippen LogP) is 1.37. The van der Waals surface area contributed by atoms with Gasteiger partial charge in [-0.05, 0) is 63.0 Å². The summed E-state index contributed by atoms with van der Waals surface area (Å²) < 4.78 is 11.3. The number of aliphatic hydroxyl groups is 1. The first-order valence-corrected chi connectivity index (χ1v) is 9.45. The van der Waals surface area contributed by atoms with E-state index in [0.717, 1.165) is 18.7 Å². The summed E-state index contributed by atoms with van der Waals surface area (Å²) in [7, 11) is 0. The molecule has 0 bridgehead atoms. The fourth-order valence-electron chi connectivity index (χ4n) is 3.62. The smallest absolute Gasteiger partial charge is 0.260 e. The number of ether oxygens (including phenoxy) is 2. The molecular weight excluding hydrogens is 332 g/mol. The van der Waals surface area contributed by atoms with Crippen LogP contribution in [0.15, 0.2) is 18.2 Å². The van der Waals surface area contributed by atoms with E-state index in [1.54, 1.807) is 4.90 Å². The molecule has 6 heteroatoms. The van der Waals surface area contributed by atoms with Gasteiger partial charge in [-0.15, -0.1) is 0 Å². The maximum absolute atomic E-state index is 12.6. The molecule has 0 radical (unpaired) electrons. The molecule has 0 unspecified atom stereocenters. The maximum Gasteiger partial charge on any atom is 0.260 e. The highest BCUT2D eigenvalue weighted by Crippen LogP contribution is 2.19. The van der Waals surface area contributed by atoms with Crippen LogP contribution < -0.4 is 4.74 Å². The molecule has 0 aliphatic carbocycles. The zero-order valence-corrected chi connectivity index (χ0v) is 15.9. The van der Waals surface area contributed by atoms with Crippen molar-refractivity contribution >= 4 is 5.91 Å². The molecule has 144 valence electrons. The number of amides is 1. The van der Waals surface area contributed by atoms with E-state index in [4.69, 9.17) is 9.47 Å². The Kier molecular flexibility index (Phi) is 6.16. The molecular formula is C20H30N2O4. The Bertz CT molecular complexity index is 630. The van der Waals surface area contributed by atoms with E-state index in [1.165, 1.54) is 18.4 Å². The van der Waals surface area contributed by atoms with Gasteiger partial charge in [-0.2, -0.15) is 0 Å². The van der Waals surface area contributed by atoms with Crippen LogP contribution in [0.1, 0.15) is 24.0 Å². The van der Waals surface area contributed by atoms with E-state index < -0.39 is 5.60 Å². The summed E-state index contributed by atoms with van der Waals surface area (Å²) >= 11 is 0. The Balaban J connectivity index is 1.57. The van der Waals surface area contributed by atoms with Crippen LogP contribution in [0, 0.1) is 13.8 Å². The van der Waals surface area contributed by atoms with Crippen LogP contribution in [0.25, 0.3) is 0 Å². The van der Waals surface area contributed by atoms with Gasteiger partial charge in [0.2, 0.25) is 0 Å². The van der Waals surface area contributed by atoms with Crippen molar-refractivity contribution < 1.29 is 19.4 Å². The number of hydrogen-bond donors (Lipinski definition) is 1. The second kappa shape index (κ2) is 8.37. The number of hydrogen-bond acceptors (Lipinski definition) is 5. The lowest BCUT2D eigenvalue weighted by molar-refractivity contribution is -0.136. The van der Waals surface area contributed by atoms with E-state index in [1.807, 2.05) is 32.0 Å². The fourth-order valence-corrected chi connectivity index (χ4v) is 3.62. The number of nitrogens with zero attached hydrogens (tertiary/aromatic N) is 2. The average Bonchev–Trinajstić information content (AvgIpc) is 3.03. The second-order valence-electron chi connectivity index (χ2n) is 7.61. The predicted molar refractivity (Wildman–Crippen MR) is 99.4 cm³/mol. The first kappa shape index (κ1) is 19.1. The first-order valence-electron chi connectivity index (χ1n) is 9.45. The number of carbonyl (C=O) groups excluding carboxylic acids is 1. The molecule has 2 saturated heterocycles. The van der Waals surface area contributed by atoms with Crippen molar-refractivity contribution in [1.29, 1.82) is 0 Å². The van der Waals surface area contributed by atoms with E-state index >= 15 is 0 Å². The third kappa shape index (κ3) is 4.96. The van der Waals surface area contributed by atoms with Crippen molar-refractivity contribution in [1.82, 2.24) is 9.80 Å². The zero-order chi connectivity index (χ0) is 18.6. The van der Waals surface area contributed by atoms with Gasteiger partial charge in [-0.1, -0.05) is 6.07 Å². The normalized spacial score (nSPS) is 24.5. The van der Waals surface area contributed by atoms with Crippen molar-refractivity contribution in [2.24, 2.45) is 0 Å². The zero-order valence-electron chi connectivity index (χ0n) is 15.9. The minimum Gasteiger partial charge on any atom is -0.484 e. The fraction of sp³-hybridized carbons (Fsp3) is 0.650. The van der Waals surface area contributed by atoms with Gasteiger partial charge >= 0.3 is 0 Å². The molecule has 3 rings (SSSR count). The lowest BCUT2D eigenvalue weighted by Gasteiger charge is -2.34. The largest absolute Gasteiger partial charge is 0.484 e.